The van der Waals surface area contributed by atoms with E-state index in [1.807, 2.05) is 24.3 Å². The van der Waals surface area contributed by atoms with Crippen LogP contribution in [0.4, 0.5) is 0 Å². The maximum atomic E-state index is 12.2. The molecule has 30 heavy (non-hydrogen) atoms. The number of carbonyl (C=O) groups is 1. The lowest BCUT2D eigenvalue weighted by molar-refractivity contribution is -0.118. The first-order chi connectivity index (χ1) is 14.6. The molecule has 1 heterocycles. The summed E-state index contributed by atoms with van der Waals surface area (Å²) in [7, 11) is 1.66. The summed E-state index contributed by atoms with van der Waals surface area (Å²) in [6, 6.07) is 7.88. The van der Waals surface area contributed by atoms with Crippen molar-refractivity contribution in [3.63, 3.8) is 0 Å². The predicted molar refractivity (Wildman–Crippen MR) is 115 cm³/mol. The van der Waals surface area contributed by atoms with Gasteiger partial charge in [0.15, 0.2) is 0 Å². The molecule has 4 fully saturated rings. The van der Waals surface area contributed by atoms with Crippen molar-refractivity contribution in [3.05, 3.63) is 35.7 Å². The van der Waals surface area contributed by atoms with E-state index in [0.29, 0.717) is 11.8 Å². The molecule has 2 aromatic rings. The van der Waals surface area contributed by atoms with Crippen molar-refractivity contribution in [3.8, 4) is 5.75 Å². The van der Waals surface area contributed by atoms with Crippen LogP contribution in [-0.4, -0.2) is 35.5 Å². The Morgan fingerprint density at radius 1 is 1.17 bits per heavy atom. The van der Waals surface area contributed by atoms with Gasteiger partial charge in [-0.15, -0.1) is 10.2 Å². The maximum absolute atomic E-state index is 12.2. The fourth-order valence-electron chi connectivity index (χ4n) is 6.28. The molecule has 0 radical (unpaired) electrons. The lowest BCUT2D eigenvalue weighted by atomic mass is 9.49. The standard InChI is InChI=1S/C23H29N3O3S/c1-28-19-5-3-2-4-18(19)6-7-24-20(27)14-30-22-26-25-21(29-22)23-11-15-8-16(12-23)10-17(9-15)13-23/h2-5,15-17H,6-14H2,1H3,(H,24,27). The molecule has 7 heteroatoms. The van der Waals surface area contributed by atoms with Crippen LogP contribution in [0.25, 0.3) is 0 Å². The molecule has 6 nitrogen and oxygen atoms in total. The Labute approximate surface area is 181 Å². The summed E-state index contributed by atoms with van der Waals surface area (Å²) in [4.78, 5) is 12.2. The lowest BCUT2D eigenvalue weighted by Gasteiger charge is -2.55. The molecule has 4 aliphatic carbocycles. The Morgan fingerprint density at radius 3 is 2.57 bits per heavy atom. The number of aromatic nitrogens is 2. The van der Waals surface area contributed by atoms with Crippen molar-refractivity contribution in [2.24, 2.45) is 17.8 Å². The van der Waals surface area contributed by atoms with E-state index in [-0.39, 0.29) is 17.1 Å². The molecule has 0 unspecified atom stereocenters. The first-order valence-corrected chi connectivity index (χ1v) is 12.0. The zero-order valence-electron chi connectivity index (χ0n) is 17.4. The molecule has 1 amide bonds. The number of thioether (sulfide) groups is 1. The number of amides is 1. The number of nitrogens with zero attached hydrogens (tertiary/aromatic N) is 2. The predicted octanol–water partition coefficient (Wildman–Crippen LogP) is 4.00. The third kappa shape index (κ3) is 3.96. The molecule has 0 atom stereocenters. The number of para-hydroxylation sites is 1. The minimum absolute atomic E-state index is 0.0237. The number of benzene rings is 1. The van der Waals surface area contributed by atoms with Crippen LogP contribution >= 0.6 is 11.8 Å². The van der Waals surface area contributed by atoms with Crippen LogP contribution in [0.15, 0.2) is 33.9 Å². The molecule has 160 valence electrons. The van der Waals surface area contributed by atoms with Gasteiger partial charge in [0.2, 0.25) is 11.8 Å². The minimum atomic E-state index is -0.0237. The summed E-state index contributed by atoms with van der Waals surface area (Å²) in [5, 5.41) is 12.1. The zero-order chi connectivity index (χ0) is 20.6. The van der Waals surface area contributed by atoms with Crippen molar-refractivity contribution < 1.29 is 13.9 Å². The number of ether oxygens (including phenoxy) is 1. The second kappa shape index (κ2) is 8.25. The van der Waals surface area contributed by atoms with Crippen molar-refractivity contribution in [2.75, 3.05) is 19.4 Å². The van der Waals surface area contributed by atoms with Gasteiger partial charge >= 0.3 is 0 Å². The highest BCUT2D eigenvalue weighted by atomic mass is 32.2. The van der Waals surface area contributed by atoms with Gasteiger partial charge in [0.05, 0.1) is 12.9 Å². The smallest absolute Gasteiger partial charge is 0.277 e. The number of hydrogen-bond acceptors (Lipinski definition) is 6. The van der Waals surface area contributed by atoms with Crippen LogP contribution in [0.5, 0.6) is 5.75 Å². The Morgan fingerprint density at radius 2 is 1.87 bits per heavy atom. The van der Waals surface area contributed by atoms with E-state index in [2.05, 4.69) is 15.5 Å². The van der Waals surface area contributed by atoms with E-state index in [0.717, 1.165) is 41.4 Å². The molecule has 0 aliphatic heterocycles. The largest absolute Gasteiger partial charge is 0.496 e. The number of nitrogens with one attached hydrogen (secondary N) is 1. The van der Waals surface area contributed by atoms with Crippen LogP contribution < -0.4 is 10.1 Å². The summed E-state index contributed by atoms with van der Waals surface area (Å²) in [5.74, 6) is 4.46. The monoisotopic (exact) mass is 427 g/mol. The normalized spacial score (nSPS) is 29.2. The molecule has 1 aromatic heterocycles. The van der Waals surface area contributed by atoms with Crippen LogP contribution in [0.2, 0.25) is 0 Å². The fraction of sp³-hybridized carbons (Fsp3) is 0.609. The van der Waals surface area contributed by atoms with Gasteiger partial charge in [-0.25, -0.2) is 0 Å². The van der Waals surface area contributed by atoms with Gasteiger partial charge in [-0.05, 0) is 74.3 Å². The first kappa shape index (κ1) is 19.9. The van der Waals surface area contributed by atoms with E-state index in [4.69, 9.17) is 9.15 Å². The van der Waals surface area contributed by atoms with Gasteiger partial charge in [0.25, 0.3) is 5.22 Å². The summed E-state index contributed by atoms with van der Waals surface area (Å²) < 4.78 is 11.4. The number of methoxy groups -OCH3 is 1. The maximum Gasteiger partial charge on any atom is 0.277 e. The quantitative estimate of drug-likeness (QED) is 0.642. The van der Waals surface area contributed by atoms with E-state index in [1.165, 1.54) is 50.3 Å². The van der Waals surface area contributed by atoms with Gasteiger partial charge in [-0.1, -0.05) is 30.0 Å². The Balaban J connectivity index is 1.12. The lowest BCUT2D eigenvalue weighted by Crippen LogP contribution is -2.48. The molecule has 1 N–H and O–H groups in total. The zero-order valence-corrected chi connectivity index (χ0v) is 18.2. The third-order valence-corrected chi connectivity index (χ3v) is 7.95. The summed E-state index contributed by atoms with van der Waals surface area (Å²) >= 11 is 1.33. The molecular formula is C23H29N3O3S. The molecular weight excluding hydrogens is 398 g/mol. The van der Waals surface area contributed by atoms with Crippen molar-refractivity contribution in [1.82, 2.24) is 15.5 Å². The molecule has 4 aliphatic rings. The molecule has 4 bridgehead atoms. The Bertz CT molecular complexity index is 877. The van der Waals surface area contributed by atoms with Gasteiger partial charge < -0.3 is 14.5 Å². The highest BCUT2D eigenvalue weighted by Gasteiger charge is 2.54. The summed E-state index contributed by atoms with van der Waals surface area (Å²) in [6.07, 6.45) is 8.52. The summed E-state index contributed by atoms with van der Waals surface area (Å²) in [5.41, 5.74) is 1.20. The van der Waals surface area contributed by atoms with Crippen molar-refractivity contribution >= 4 is 17.7 Å². The molecule has 4 saturated carbocycles. The van der Waals surface area contributed by atoms with Crippen molar-refractivity contribution in [1.29, 1.82) is 0 Å². The number of rotatable bonds is 8. The van der Waals surface area contributed by atoms with E-state index in [1.54, 1.807) is 7.11 Å². The third-order valence-electron chi connectivity index (χ3n) is 7.13. The summed E-state index contributed by atoms with van der Waals surface area (Å²) in [6.45, 7) is 0.572. The highest BCUT2D eigenvalue weighted by Crippen LogP contribution is 2.60. The van der Waals surface area contributed by atoms with Crippen LogP contribution in [0.1, 0.15) is 50.0 Å². The first-order valence-electron chi connectivity index (χ1n) is 11.0. The van der Waals surface area contributed by atoms with Gasteiger partial charge in [-0.3, -0.25) is 4.79 Å². The van der Waals surface area contributed by atoms with E-state index >= 15 is 0 Å². The van der Waals surface area contributed by atoms with E-state index in [9.17, 15) is 4.79 Å². The Kier molecular flexibility index (Phi) is 5.48. The van der Waals surface area contributed by atoms with Gasteiger partial charge in [0, 0.05) is 12.0 Å². The fourth-order valence-corrected chi connectivity index (χ4v) is 6.87. The molecule has 0 saturated heterocycles. The van der Waals surface area contributed by atoms with Crippen LogP contribution in [0.3, 0.4) is 0 Å². The second-order valence-corrected chi connectivity index (χ2v) is 10.2. The molecule has 1 aromatic carbocycles. The van der Waals surface area contributed by atoms with E-state index < -0.39 is 0 Å². The topological polar surface area (TPSA) is 77.2 Å². The SMILES string of the molecule is COc1ccccc1CCNC(=O)CSc1nnc(C23CC4CC(CC(C4)C2)C3)o1. The van der Waals surface area contributed by atoms with Gasteiger partial charge in [0.1, 0.15) is 5.75 Å². The average molecular weight is 428 g/mol. The van der Waals surface area contributed by atoms with Crippen LogP contribution in [0, 0.1) is 17.8 Å². The average Bonchev–Trinajstić information content (AvgIpc) is 3.22. The minimum Gasteiger partial charge on any atom is -0.496 e. The number of carbonyl (C=O) groups excluding carboxylic acids is 1. The van der Waals surface area contributed by atoms with Crippen LogP contribution in [-0.2, 0) is 16.6 Å². The number of hydrogen-bond donors (Lipinski definition) is 1. The second-order valence-electron chi connectivity index (χ2n) is 9.27. The highest BCUT2D eigenvalue weighted by molar-refractivity contribution is 7.99. The molecule has 0 spiro atoms. The van der Waals surface area contributed by atoms with Crippen molar-refractivity contribution in [2.45, 2.75) is 55.6 Å². The van der Waals surface area contributed by atoms with Gasteiger partial charge in [-0.2, -0.15) is 0 Å². The molecule has 6 rings (SSSR count). The Hall–Kier alpha value is -2.02.